The van der Waals surface area contributed by atoms with Crippen molar-refractivity contribution in [3.8, 4) is 5.75 Å². The van der Waals surface area contributed by atoms with Gasteiger partial charge in [0.25, 0.3) is 0 Å². The van der Waals surface area contributed by atoms with Crippen molar-refractivity contribution in [2.75, 3.05) is 20.2 Å². The number of thiophene rings is 1. The molecule has 0 saturated carbocycles. The summed E-state index contributed by atoms with van der Waals surface area (Å²) in [7, 11) is 2.09. The molecule has 3 N–H and O–H groups in total. The van der Waals surface area contributed by atoms with Gasteiger partial charge in [-0.1, -0.05) is 6.07 Å². The SMILES string of the molecule is CN(CCOc1ccc(C(=N)N)cc1)Cc1cccs1. The number of benzene rings is 1. The number of rotatable bonds is 7. The van der Waals surface area contributed by atoms with Gasteiger partial charge in [0.2, 0.25) is 0 Å². The lowest BCUT2D eigenvalue weighted by Gasteiger charge is -2.16. The zero-order chi connectivity index (χ0) is 14.4. The van der Waals surface area contributed by atoms with E-state index >= 15 is 0 Å². The third-order valence-corrected chi connectivity index (χ3v) is 3.77. The van der Waals surface area contributed by atoms with Crippen molar-refractivity contribution >= 4 is 17.2 Å². The van der Waals surface area contributed by atoms with Crippen molar-refractivity contribution in [1.29, 1.82) is 5.41 Å². The van der Waals surface area contributed by atoms with E-state index in [9.17, 15) is 0 Å². The van der Waals surface area contributed by atoms with Crippen LogP contribution in [0.5, 0.6) is 5.75 Å². The van der Waals surface area contributed by atoms with E-state index in [0.29, 0.717) is 12.2 Å². The predicted octanol–water partition coefficient (Wildman–Crippen LogP) is 2.54. The zero-order valence-corrected chi connectivity index (χ0v) is 12.3. The van der Waals surface area contributed by atoms with Crippen LogP contribution < -0.4 is 10.5 Å². The van der Waals surface area contributed by atoms with Gasteiger partial charge >= 0.3 is 0 Å². The summed E-state index contributed by atoms with van der Waals surface area (Å²) in [6.45, 7) is 2.46. The molecule has 1 aromatic carbocycles. The molecule has 0 bridgehead atoms. The maximum atomic E-state index is 7.32. The standard InChI is InChI=1S/C15H19N3OS/c1-18(11-14-3-2-10-20-14)8-9-19-13-6-4-12(5-7-13)15(16)17/h2-7,10H,8-9,11H2,1H3,(H3,16,17). The number of hydrogen-bond acceptors (Lipinski definition) is 4. The molecule has 0 saturated heterocycles. The van der Waals surface area contributed by atoms with Crippen LogP contribution in [0.4, 0.5) is 0 Å². The summed E-state index contributed by atoms with van der Waals surface area (Å²) in [5.74, 6) is 0.881. The van der Waals surface area contributed by atoms with Crippen molar-refractivity contribution in [1.82, 2.24) is 4.90 Å². The average molecular weight is 289 g/mol. The smallest absolute Gasteiger partial charge is 0.122 e. The molecule has 0 fully saturated rings. The Balaban J connectivity index is 1.73. The molecule has 0 unspecified atom stereocenters. The molecule has 0 spiro atoms. The van der Waals surface area contributed by atoms with Gasteiger partial charge < -0.3 is 10.5 Å². The average Bonchev–Trinajstić information content (AvgIpc) is 2.92. The lowest BCUT2D eigenvalue weighted by molar-refractivity contribution is 0.234. The molecule has 106 valence electrons. The zero-order valence-electron chi connectivity index (χ0n) is 11.5. The van der Waals surface area contributed by atoms with E-state index in [2.05, 4.69) is 29.5 Å². The van der Waals surface area contributed by atoms with Gasteiger partial charge in [-0.2, -0.15) is 0 Å². The fourth-order valence-electron chi connectivity index (χ4n) is 1.80. The highest BCUT2D eigenvalue weighted by Crippen LogP contribution is 2.13. The summed E-state index contributed by atoms with van der Waals surface area (Å²) in [6, 6.07) is 11.5. The summed E-state index contributed by atoms with van der Waals surface area (Å²) >= 11 is 1.77. The lowest BCUT2D eigenvalue weighted by Crippen LogP contribution is -2.23. The van der Waals surface area contributed by atoms with Gasteiger partial charge in [0.05, 0.1) is 0 Å². The second-order valence-corrected chi connectivity index (χ2v) is 5.64. The van der Waals surface area contributed by atoms with Crippen molar-refractivity contribution in [2.45, 2.75) is 6.54 Å². The third kappa shape index (κ3) is 4.36. The highest BCUT2D eigenvalue weighted by atomic mass is 32.1. The van der Waals surface area contributed by atoms with Gasteiger partial charge in [-0.15, -0.1) is 11.3 Å². The van der Waals surface area contributed by atoms with E-state index in [-0.39, 0.29) is 5.84 Å². The first-order valence-electron chi connectivity index (χ1n) is 6.43. The van der Waals surface area contributed by atoms with Crippen LogP contribution in [0.2, 0.25) is 0 Å². The Hall–Kier alpha value is -1.85. The summed E-state index contributed by atoms with van der Waals surface area (Å²) in [6.07, 6.45) is 0. The molecule has 0 radical (unpaired) electrons. The molecule has 0 amide bonds. The molecule has 4 nitrogen and oxygen atoms in total. The van der Waals surface area contributed by atoms with Crippen LogP contribution >= 0.6 is 11.3 Å². The van der Waals surface area contributed by atoms with Gasteiger partial charge in [-0.3, -0.25) is 10.3 Å². The number of nitrogen functional groups attached to an aromatic ring is 1. The maximum absolute atomic E-state index is 7.32. The summed E-state index contributed by atoms with van der Waals surface area (Å²) < 4.78 is 5.68. The molecule has 0 atom stereocenters. The largest absolute Gasteiger partial charge is 0.492 e. The molecular formula is C15H19N3OS. The molecular weight excluding hydrogens is 270 g/mol. The first kappa shape index (κ1) is 14.6. The third-order valence-electron chi connectivity index (χ3n) is 2.91. The summed E-state index contributed by atoms with van der Waals surface area (Å²) in [5.41, 5.74) is 6.12. The Labute approximate surface area is 123 Å². The second-order valence-electron chi connectivity index (χ2n) is 4.60. The first-order valence-corrected chi connectivity index (χ1v) is 7.31. The van der Waals surface area contributed by atoms with Gasteiger partial charge in [0, 0.05) is 23.5 Å². The van der Waals surface area contributed by atoms with Crippen LogP contribution in [0, 0.1) is 5.41 Å². The molecule has 2 aromatic rings. The minimum atomic E-state index is 0.0761. The highest BCUT2D eigenvalue weighted by Gasteiger charge is 2.02. The molecule has 1 aromatic heterocycles. The van der Waals surface area contributed by atoms with Crippen molar-refractivity contribution in [3.63, 3.8) is 0 Å². The van der Waals surface area contributed by atoms with E-state index in [0.717, 1.165) is 18.8 Å². The number of nitrogens with zero attached hydrogens (tertiary/aromatic N) is 1. The fraction of sp³-hybridized carbons (Fsp3) is 0.267. The predicted molar refractivity (Wildman–Crippen MR) is 83.6 cm³/mol. The number of nitrogens with two attached hydrogens (primary N) is 1. The topological polar surface area (TPSA) is 62.3 Å². The van der Waals surface area contributed by atoms with Crippen molar-refractivity contribution in [3.05, 3.63) is 52.2 Å². The maximum Gasteiger partial charge on any atom is 0.122 e. The van der Waals surface area contributed by atoms with E-state index < -0.39 is 0 Å². The number of hydrogen-bond donors (Lipinski definition) is 2. The van der Waals surface area contributed by atoms with Crippen molar-refractivity contribution in [2.24, 2.45) is 5.73 Å². The van der Waals surface area contributed by atoms with Crippen molar-refractivity contribution < 1.29 is 4.74 Å². The molecule has 2 rings (SSSR count). The molecule has 0 aliphatic carbocycles. The minimum Gasteiger partial charge on any atom is -0.492 e. The quantitative estimate of drug-likeness (QED) is 0.608. The van der Waals surface area contributed by atoms with Crippen LogP contribution in [0.15, 0.2) is 41.8 Å². The first-order chi connectivity index (χ1) is 9.65. The van der Waals surface area contributed by atoms with Crippen LogP contribution in [-0.2, 0) is 6.54 Å². The summed E-state index contributed by atoms with van der Waals surface area (Å²) in [5, 5.41) is 9.42. The Morgan fingerprint density at radius 3 is 2.65 bits per heavy atom. The molecule has 0 aliphatic heterocycles. The number of nitrogens with one attached hydrogen (secondary N) is 1. The second kappa shape index (κ2) is 7.07. The van der Waals surface area contributed by atoms with Gasteiger partial charge in [-0.25, -0.2) is 0 Å². The molecule has 0 aliphatic rings. The van der Waals surface area contributed by atoms with Crippen LogP contribution in [-0.4, -0.2) is 30.9 Å². The number of likely N-dealkylation sites (N-methyl/N-ethyl adjacent to an activating group) is 1. The molecule has 5 heteroatoms. The molecule has 1 heterocycles. The molecule has 20 heavy (non-hydrogen) atoms. The van der Waals surface area contributed by atoms with Crippen LogP contribution in [0.1, 0.15) is 10.4 Å². The van der Waals surface area contributed by atoms with Gasteiger partial charge in [-0.05, 0) is 42.8 Å². The van der Waals surface area contributed by atoms with E-state index in [4.69, 9.17) is 15.9 Å². The lowest BCUT2D eigenvalue weighted by atomic mass is 10.2. The number of ether oxygens (including phenoxy) is 1. The van der Waals surface area contributed by atoms with Gasteiger partial charge in [0.1, 0.15) is 18.2 Å². The Kier molecular flexibility index (Phi) is 5.15. The van der Waals surface area contributed by atoms with Crippen LogP contribution in [0.25, 0.3) is 0 Å². The van der Waals surface area contributed by atoms with Gasteiger partial charge in [0.15, 0.2) is 0 Å². The number of amidine groups is 1. The summed E-state index contributed by atoms with van der Waals surface area (Å²) in [4.78, 5) is 3.59. The van der Waals surface area contributed by atoms with Crippen LogP contribution in [0.3, 0.4) is 0 Å². The van der Waals surface area contributed by atoms with E-state index in [1.807, 2.05) is 12.1 Å². The van der Waals surface area contributed by atoms with E-state index in [1.54, 1.807) is 23.5 Å². The Morgan fingerprint density at radius 2 is 2.05 bits per heavy atom. The fourth-order valence-corrected chi connectivity index (χ4v) is 2.58. The minimum absolute atomic E-state index is 0.0761. The highest BCUT2D eigenvalue weighted by molar-refractivity contribution is 7.09. The Morgan fingerprint density at radius 1 is 1.30 bits per heavy atom. The monoisotopic (exact) mass is 289 g/mol. The Bertz CT molecular complexity index is 537. The normalized spacial score (nSPS) is 10.7. The van der Waals surface area contributed by atoms with E-state index in [1.165, 1.54) is 4.88 Å².